The summed E-state index contributed by atoms with van der Waals surface area (Å²) in [5.41, 5.74) is -0.131. The van der Waals surface area contributed by atoms with Gasteiger partial charge in [0.1, 0.15) is 0 Å². The molecule has 1 aliphatic heterocycles. The molecule has 1 atom stereocenters. The zero-order valence-electron chi connectivity index (χ0n) is 13.8. The third-order valence-corrected chi connectivity index (χ3v) is 4.54. The quantitative estimate of drug-likeness (QED) is 0.409. The van der Waals surface area contributed by atoms with Crippen LogP contribution in [0, 0.1) is 5.41 Å². The smallest absolute Gasteiger partial charge is 0.229 e. The molecule has 1 aliphatic rings. The van der Waals surface area contributed by atoms with E-state index in [1.165, 1.54) is 44.9 Å². The van der Waals surface area contributed by atoms with Gasteiger partial charge in [-0.1, -0.05) is 77.9 Å². The molecule has 0 aromatic rings. The molecule has 0 aromatic heterocycles. The lowest BCUT2D eigenvalue weighted by Gasteiger charge is -2.33. The maximum atomic E-state index is 12.8. The summed E-state index contributed by atoms with van der Waals surface area (Å²) in [6, 6.07) is 0. The number of carbonyl (C=O) groups excluding carboxylic acids is 1. The maximum Gasteiger partial charge on any atom is 0.229 e. The molecule has 0 fully saturated rings. The lowest BCUT2D eigenvalue weighted by molar-refractivity contribution is -0.140. The summed E-state index contributed by atoms with van der Waals surface area (Å²) in [6.45, 7) is 8.29. The van der Waals surface area contributed by atoms with Crippen LogP contribution in [0.2, 0.25) is 0 Å². The normalized spacial score (nSPS) is 17.4. The van der Waals surface area contributed by atoms with E-state index in [1.54, 1.807) is 0 Å². The van der Waals surface area contributed by atoms with Crippen LogP contribution in [-0.4, -0.2) is 23.9 Å². The van der Waals surface area contributed by atoms with Gasteiger partial charge < -0.3 is 4.90 Å². The van der Waals surface area contributed by atoms with Crippen LogP contribution in [0.4, 0.5) is 0 Å². The SMILES string of the molecule is CCCCCCCC(C)(CCCC)C(=O)N1CC=CC1. The number of nitrogens with zero attached hydrogens (tertiary/aromatic N) is 1. The molecule has 0 aromatic carbocycles. The predicted octanol–water partition coefficient (Wildman–Crippen LogP) is 4.94. The highest BCUT2D eigenvalue weighted by Crippen LogP contribution is 2.33. The Hall–Kier alpha value is -0.790. The van der Waals surface area contributed by atoms with Gasteiger partial charge in [0.25, 0.3) is 0 Å². The average molecular weight is 279 g/mol. The Morgan fingerprint density at radius 2 is 1.50 bits per heavy atom. The van der Waals surface area contributed by atoms with E-state index in [0.717, 1.165) is 25.9 Å². The molecule has 2 heteroatoms. The van der Waals surface area contributed by atoms with Crippen LogP contribution in [0.5, 0.6) is 0 Å². The molecule has 1 rings (SSSR count). The molecule has 1 amide bonds. The highest BCUT2D eigenvalue weighted by molar-refractivity contribution is 5.83. The molecule has 0 saturated carbocycles. The van der Waals surface area contributed by atoms with Crippen molar-refractivity contribution in [1.82, 2.24) is 4.90 Å². The van der Waals surface area contributed by atoms with Crippen LogP contribution in [0.1, 0.15) is 78.6 Å². The third kappa shape index (κ3) is 5.30. The van der Waals surface area contributed by atoms with Crippen LogP contribution in [0.15, 0.2) is 12.2 Å². The van der Waals surface area contributed by atoms with E-state index in [9.17, 15) is 4.79 Å². The van der Waals surface area contributed by atoms with Gasteiger partial charge in [0.2, 0.25) is 5.91 Å². The van der Waals surface area contributed by atoms with Gasteiger partial charge in [-0.2, -0.15) is 0 Å². The lowest BCUT2D eigenvalue weighted by Crippen LogP contribution is -2.41. The molecule has 0 bridgehead atoms. The van der Waals surface area contributed by atoms with Gasteiger partial charge >= 0.3 is 0 Å². The summed E-state index contributed by atoms with van der Waals surface area (Å²) < 4.78 is 0. The van der Waals surface area contributed by atoms with E-state index in [-0.39, 0.29) is 5.41 Å². The summed E-state index contributed by atoms with van der Waals surface area (Å²) in [5.74, 6) is 0.381. The lowest BCUT2D eigenvalue weighted by atomic mass is 9.78. The Bertz CT molecular complexity index is 303. The van der Waals surface area contributed by atoms with Gasteiger partial charge in [0, 0.05) is 18.5 Å². The molecule has 1 heterocycles. The van der Waals surface area contributed by atoms with Crippen LogP contribution < -0.4 is 0 Å². The molecule has 1 unspecified atom stereocenters. The molecule has 2 nitrogen and oxygen atoms in total. The minimum atomic E-state index is -0.131. The second kappa shape index (κ2) is 9.20. The fourth-order valence-corrected chi connectivity index (χ4v) is 3.05. The first kappa shape index (κ1) is 17.3. The number of amides is 1. The maximum absolute atomic E-state index is 12.8. The first-order chi connectivity index (χ1) is 9.64. The fourth-order valence-electron chi connectivity index (χ4n) is 3.05. The minimum Gasteiger partial charge on any atom is -0.335 e. The van der Waals surface area contributed by atoms with E-state index in [4.69, 9.17) is 0 Å². The highest BCUT2D eigenvalue weighted by atomic mass is 16.2. The Balaban J connectivity index is 2.48. The molecule has 20 heavy (non-hydrogen) atoms. The summed E-state index contributed by atoms with van der Waals surface area (Å²) in [7, 11) is 0. The fraction of sp³-hybridized carbons (Fsp3) is 0.833. The molecular formula is C18H33NO. The Morgan fingerprint density at radius 1 is 0.950 bits per heavy atom. The molecule has 0 radical (unpaired) electrons. The number of hydrogen-bond donors (Lipinski definition) is 0. The molecular weight excluding hydrogens is 246 g/mol. The second-order valence-corrected chi connectivity index (χ2v) is 6.51. The Labute approximate surface area is 125 Å². The van der Waals surface area contributed by atoms with Crippen LogP contribution in [0.3, 0.4) is 0 Å². The van der Waals surface area contributed by atoms with Crippen molar-refractivity contribution < 1.29 is 4.79 Å². The predicted molar refractivity (Wildman–Crippen MR) is 86.7 cm³/mol. The highest BCUT2D eigenvalue weighted by Gasteiger charge is 2.35. The Morgan fingerprint density at radius 3 is 2.10 bits per heavy atom. The summed E-state index contributed by atoms with van der Waals surface area (Å²) >= 11 is 0. The van der Waals surface area contributed by atoms with E-state index in [2.05, 4.69) is 32.9 Å². The van der Waals surface area contributed by atoms with Crippen LogP contribution in [0.25, 0.3) is 0 Å². The zero-order chi connectivity index (χ0) is 14.8. The number of hydrogen-bond acceptors (Lipinski definition) is 1. The van der Waals surface area contributed by atoms with Crippen molar-refractivity contribution in [2.45, 2.75) is 78.6 Å². The molecule has 0 spiro atoms. The second-order valence-electron chi connectivity index (χ2n) is 6.51. The van der Waals surface area contributed by atoms with E-state index in [1.807, 2.05) is 4.90 Å². The number of rotatable bonds is 10. The van der Waals surface area contributed by atoms with E-state index >= 15 is 0 Å². The van der Waals surface area contributed by atoms with Crippen molar-refractivity contribution in [2.24, 2.45) is 5.41 Å². The van der Waals surface area contributed by atoms with Gasteiger partial charge in [-0.3, -0.25) is 4.79 Å². The van der Waals surface area contributed by atoms with Gasteiger partial charge in [-0.15, -0.1) is 0 Å². The standard InChI is InChI=1S/C18H33NO/c1-4-6-8-9-10-14-18(3,13-7-5-2)17(20)19-15-11-12-16-19/h11-12H,4-10,13-16H2,1-3H3. The third-order valence-electron chi connectivity index (χ3n) is 4.54. The van der Waals surface area contributed by atoms with Crippen molar-refractivity contribution >= 4 is 5.91 Å². The molecule has 0 aliphatic carbocycles. The molecule has 0 N–H and O–H groups in total. The van der Waals surface area contributed by atoms with Crippen molar-refractivity contribution in [3.05, 3.63) is 12.2 Å². The van der Waals surface area contributed by atoms with E-state index in [0.29, 0.717) is 5.91 Å². The largest absolute Gasteiger partial charge is 0.335 e. The van der Waals surface area contributed by atoms with Gasteiger partial charge in [0.05, 0.1) is 0 Å². The van der Waals surface area contributed by atoms with Crippen molar-refractivity contribution in [1.29, 1.82) is 0 Å². The van der Waals surface area contributed by atoms with Gasteiger partial charge in [0.15, 0.2) is 0 Å². The zero-order valence-corrected chi connectivity index (χ0v) is 13.8. The first-order valence-electron chi connectivity index (χ1n) is 8.58. The monoisotopic (exact) mass is 279 g/mol. The molecule has 0 saturated heterocycles. The van der Waals surface area contributed by atoms with Crippen LogP contribution in [-0.2, 0) is 4.79 Å². The van der Waals surface area contributed by atoms with Gasteiger partial charge in [-0.05, 0) is 12.8 Å². The summed E-state index contributed by atoms with van der Waals surface area (Å²) in [5, 5.41) is 0. The van der Waals surface area contributed by atoms with Crippen molar-refractivity contribution in [2.75, 3.05) is 13.1 Å². The summed E-state index contributed by atoms with van der Waals surface area (Å²) in [4.78, 5) is 14.8. The molecule has 116 valence electrons. The van der Waals surface area contributed by atoms with Crippen LogP contribution >= 0.6 is 0 Å². The average Bonchev–Trinajstić information content (AvgIpc) is 2.98. The summed E-state index contributed by atoms with van der Waals surface area (Å²) in [6.07, 6.45) is 15.1. The number of unbranched alkanes of at least 4 members (excludes halogenated alkanes) is 5. The van der Waals surface area contributed by atoms with Crippen molar-refractivity contribution in [3.63, 3.8) is 0 Å². The first-order valence-corrected chi connectivity index (χ1v) is 8.58. The van der Waals surface area contributed by atoms with Gasteiger partial charge in [-0.25, -0.2) is 0 Å². The number of carbonyl (C=O) groups is 1. The van der Waals surface area contributed by atoms with E-state index < -0.39 is 0 Å². The van der Waals surface area contributed by atoms with Crippen molar-refractivity contribution in [3.8, 4) is 0 Å². The Kier molecular flexibility index (Phi) is 7.94. The minimum absolute atomic E-state index is 0.131. The topological polar surface area (TPSA) is 20.3 Å².